The summed E-state index contributed by atoms with van der Waals surface area (Å²) in [6.07, 6.45) is 0. The highest BCUT2D eigenvalue weighted by Crippen LogP contribution is 2.25. The van der Waals surface area contributed by atoms with Gasteiger partial charge in [-0.3, -0.25) is 0 Å². The van der Waals surface area contributed by atoms with Gasteiger partial charge in [-0.2, -0.15) is 0 Å². The Balaban J connectivity index is 2.11. The first-order valence-corrected chi connectivity index (χ1v) is 6.36. The first-order chi connectivity index (χ1) is 9.17. The minimum Gasteiger partial charge on any atom is -0.373 e. The monoisotopic (exact) mass is 272 g/mol. The van der Waals surface area contributed by atoms with Crippen LogP contribution in [0.5, 0.6) is 0 Å². The maximum absolute atomic E-state index is 6.14. The van der Waals surface area contributed by atoms with Gasteiger partial charge in [0.1, 0.15) is 11.6 Å². The van der Waals surface area contributed by atoms with Crippen LogP contribution in [0, 0.1) is 6.92 Å². The molecule has 0 radical (unpaired) electrons. The molecule has 0 atom stereocenters. The Morgan fingerprint density at radius 2 is 2.00 bits per heavy atom. The standard InChI is InChI=1S/C14H13ClN4/c1-8-3-4-9(7-10(8)15)13-17-11-5-6-12(16-2)18-14(11)19-13/h3-7H,1-2H3,(H2,16,17,18,19). The van der Waals surface area contributed by atoms with Gasteiger partial charge in [0.2, 0.25) is 0 Å². The first-order valence-electron chi connectivity index (χ1n) is 5.98. The van der Waals surface area contributed by atoms with Crippen molar-refractivity contribution in [3.05, 3.63) is 40.9 Å². The van der Waals surface area contributed by atoms with Crippen LogP contribution in [-0.2, 0) is 0 Å². The van der Waals surface area contributed by atoms with E-state index in [1.54, 1.807) is 0 Å². The highest BCUT2D eigenvalue weighted by Gasteiger charge is 2.08. The molecule has 0 bridgehead atoms. The molecule has 2 aromatic heterocycles. The molecule has 0 aliphatic rings. The predicted molar refractivity (Wildman–Crippen MR) is 78.6 cm³/mol. The molecule has 2 heterocycles. The highest BCUT2D eigenvalue weighted by molar-refractivity contribution is 6.31. The van der Waals surface area contributed by atoms with Gasteiger partial charge in [0.15, 0.2) is 5.65 Å². The fraction of sp³-hybridized carbons (Fsp3) is 0.143. The minimum absolute atomic E-state index is 0.693. The van der Waals surface area contributed by atoms with Gasteiger partial charge >= 0.3 is 0 Å². The van der Waals surface area contributed by atoms with Crippen LogP contribution in [0.25, 0.3) is 22.6 Å². The third kappa shape index (κ3) is 2.15. The number of hydrogen-bond acceptors (Lipinski definition) is 3. The Morgan fingerprint density at radius 3 is 2.74 bits per heavy atom. The van der Waals surface area contributed by atoms with Gasteiger partial charge < -0.3 is 10.3 Å². The number of hydrogen-bond donors (Lipinski definition) is 2. The van der Waals surface area contributed by atoms with Crippen LogP contribution < -0.4 is 5.32 Å². The van der Waals surface area contributed by atoms with Crippen molar-refractivity contribution in [1.82, 2.24) is 15.0 Å². The Hall–Kier alpha value is -2.07. The number of nitrogens with one attached hydrogen (secondary N) is 2. The molecule has 0 unspecified atom stereocenters. The molecule has 0 spiro atoms. The van der Waals surface area contributed by atoms with Crippen LogP contribution in [0.1, 0.15) is 5.56 Å². The van der Waals surface area contributed by atoms with Gasteiger partial charge in [-0.15, -0.1) is 0 Å². The summed E-state index contributed by atoms with van der Waals surface area (Å²) in [6.45, 7) is 1.98. The van der Waals surface area contributed by atoms with Crippen molar-refractivity contribution in [3.63, 3.8) is 0 Å². The van der Waals surface area contributed by atoms with E-state index in [0.717, 1.165) is 33.3 Å². The molecule has 2 N–H and O–H groups in total. The normalized spacial score (nSPS) is 10.9. The summed E-state index contributed by atoms with van der Waals surface area (Å²) in [5.74, 6) is 1.57. The van der Waals surface area contributed by atoms with E-state index in [2.05, 4.69) is 20.3 Å². The van der Waals surface area contributed by atoms with Crippen LogP contribution in [0.3, 0.4) is 0 Å². The molecule has 0 fully saturated rings. The smallest absolute Gasteiger partial charge is 0.180 e. The SMILES string of the molecule is CNc1ccc2[nH]c(-c3ccc(C)c(Cl)c3)nc2n1. The maximum atomic E-state index is 6.14. The van der Waals surface area contributed by atoms with E-state index in [1.165, 1.54) is 0 Å². The summed E-state index contributed by atoms with van der Waals surface area (Å²) < 4.78 is 0. The Kier molecular flexibility index (Phi) is 2.87. The summed E-state index contributed by atoms with van der Waals surface area (Å²) >= 11 is 6.14. The number of imidazole rings is 1. The van der Waals surface area contributed by atoms with Crippen molar-refractivity contribution >= 4 is 28.6 Å². The van der Waals surface area contributed by atoms with Crippen molar-refractivity contribution in [1.29, 1.82) is 0 Å². The predicted octanol–water partition coefficient (Wildman–Crippen LogP) is 3.63. The van der Waals surface area contributed by atoms with Crippen molar-refractivity contribution in [2.45, 2.75) is 6.92 Å². The molecule has 0 aliphatic heterocycles. The summed E-state index contributed by atoms with van der Waals surface area (Å²) in [6, 6.07) is 9.76. The van der Waals surface area contributed by atoms with E-state index in [0.29, 0.717) is 5.65 Å². The number of aromatic amines is 1. The van der Waals surface area contributed by atoms with Crippen molar-refractivity contribution in [2.75, 3.05) is 12.4 Å². The number of halogens is 1. The number of H-pyrrole nitrogens is 1. The fourth-order valence-electron chi connectivity index (χ4n) is 1.91. The summed E-state index contributed by atoms with van der Waals surface area (Å²) in [7, 11) is 1.83. The second-order valence-corrected chi connectivity index (χ2v) is 4.77. The molecule has 19 heavy (non-hydrogen) atoms. The zero-order valence-electron chi connectivity index (χ0n) is 10.7. The Morgan fingerprint density at radius 1 is 1.16 bits per heavy atom. The largest absolute Gasteiger partial charge is 0.373 e. The highest BCUT2D eigenvalue weighted by atomic mass is 35.5. The molecule has 0 aliphatic carbocycles. The zero-order valence-corrected chi connectivity index (χ0v) is 11.4. The van der Waals surface area contributed by atoms with Gasteiger partial charge in [0, 0.05) is 17.6 Å². The van der Waals surface area contributed by atoms with Crippen LogP contribution >= 0.6 is 11.6 Å². The average Bonchev–Trinajstić information content (AvgIpc) is 2.84. The summed E-state index contributed by atoms with van der Waals surface area (Å²) in [5.41, 5.74) is 3.61. The van der Waals surface area contributed by atoms with E-state index in [9.17, 15) is 0 Å². The molecule has 0 saturated carbocycles. The van der Waals surface area contributed by atoms with Crippen LogP contribution in [0.2, 0.25) is 5.02 Å². The van der Waals surface area contributed by atoms with E-state index in [-0.39, 0.29) is 0 Å². The number of pyridine rings is 1. The fourth-order valence-corrected chi connectivity index (χ4v) is 2.09. The van der Waals surface area contributed by atoms with Gasteiger partial charge in [0.05, 0.1) is 5.52 Å². The molecule has 5 heteroatoms. The van der Waals surface area contributed by atoms with E-state index >= 15 is 0 Å². The van der Waals surface area contributed by atoms with Gasteiger partial charge in [-0.1, -0.05) is 23.7 Å². The number of rotatable bonds is 2. The van der Waals surface area contributed by atoms with Crippen LogP contribution in [0.15, 0.2) is 30.3 Å². The molecule has 0 amide bonds. The molecular weight excluding hydrogens is 260 g/mol. The molecule has 0 saturated heterocycles. The van der Waals surface area contributed by atoms with Crippen LogP contribution in [0.4, 0.5) is 5.82 Å². The average molecular weight is 273 g/mol. The maximum Gasteiger partial charge on any atom is 0.180 e. The number of benzene rings is 1. The van der Waals surface area contributed by atoms with E-state index < -0.39 is 0 Å². The quantitative estimate of drug-likeness (QED) is 0.749. The Labute approximate surface area is 115 Å². The molecular formula is C14H13ClN4. The lowest BCUT2D eigenvalue weighted by Gasteiger charge is -2.00. The molecule has 1 aromatic carbocycles. The number of nitrogens with zero attached hydrogens (tertiary/aromatic N) is 2. The lowest BCUT2D eigenvalue weighted by atomic mass is 10.1. The third-order valence-electron chi connectivity index (χ3n) is 3.05. The Bertz CT molecular complexity index is 748. The first kappa shape index (κ1) is 12.0. The van der Waals surface area contributed by atoms with E-state index in [4.69, 9.17) is 11.6 Å². The van der Waals surface area contributed by atoms with Crippen molar-refractivity contribution in [3.8, 4) is 11.4 Å². The number of anilines is 1. The molecule has 3 aromatic rings. The number of aromatic nitrogens is 3. The number of fused-ring (bicyclic) bond motifs is 1. The second-order valence-electron chi connectivity index (χ2n) is 4.37. The van der Waals surface area contributed by atoms with E-state index in [1.807, 2.05) is 44.3 Å². The second kappa shape index (κ2) is 4.55. The van der Waals surface area contributed by atoms with Crippen molar-refractivity contribution < 1.29 is 0 Å². The molecule has 4 nitrogen and oxygen atoms in total. The third-order valence-corrected chi connectivity index (χ3v) is 3.45. The minimum atomic E-state index is 0.693. The zero-order chi connectivity index (χ0) is 13.4. The van der Waals surface area contributed by atoms with Crippen LogP contribution in [-0.4, -0.2) is 22.0 Å². The van der Waals surface area contributed by atoms with Gasteiger partial charge in [-0.25, -0.2) is 9.97 Å². The summed E-state index contributed by atoms with van der Waals surface area (Å²) in [5, 5.41) is 3.74. The topological polar surface area (TPSA) is 53.6 Å². The molecule has 3 rings (SSSR count). The van der Waals surface area contributed by atoms with Gasteiger partial charge in [0.25, 0.3) is 0 Å². The number of aryl methyl sites for hydroxylation is 1. The van der Waals surface area contributed by atoms with Gasteiger partial charge in [-0.05, 0) is 30.7 Å². The lowest BCUT2D eigenvalue weighted by Crippen LogP contribution is -1.91. The van der Waals surface area contributed by atoms with Crippen molar-refractivity contribution in [2.24, 2.45) is 0 Å². The lowest BCUT2D eigenvalue weighted by molar-refractivity contribution is 1.28. The summed E-state index contributed by atoms with van der Waals surface area (Å²) in [4.78, 5) is 12.1. The molecule has 96 valence electrons.